The van der Waals surface area contributed by atoms with Crippen LogP contribution in [0.2, 0.25) is 0 Å². The standard InChI is InChI=1S/C15H20ClF3N2O2/c1-14(2,3)20-8-12(22)9-23-21-13(16)10-5-4-6-11(7-10)15(17,18)19/h4-7,12,20,22H,8-9H2,1-3H3/b21-13-. The average molecular weight is 353 g/mol. The van der Waals surface area contributed by atoms with E-state index >= 15 is 0 Å². The van der Waals surface area contributed by atoms with Gasteiger partial charge in [-0.05, 0) is 32.9 Å². The number of aliphatic hydroxyl groups is 1. The van der Waals surface area contributed by atoms with Crippen LogP contribution in [0.1, 0.15) is 31.9 Å². The topological polar surface area (TPSA) is 53.8 Å². The summed E-state index contributed by atoms with van der Waals surface area (Å²) in [6.07, 6.45) is -5.27. The smallest absolute Gasteiger partial charge is 0.392 e. The van der Waals surface area contributed by atoms with Crippen LogP contribution in [0.15, 0.2) is 29.4 Å². The van der Waals surface area contributed by atoms with Crippen molar-refractivity contribution in [1.29, 1.82) is 0 Å². The Labute approximate surface area is 138 Å². The van der Waals surface area contributed by atoms with E-state index in [9.17, 15) is 18.3 Å². The number of benzene rings is 1. The molecule has 0 saturated carbocycles. The fourth-order valence-electron chi connectivity index (χ4n) is 1.54. The lowest BCUT2D eigenvalue weighted by molar-refractivity contribution is -0.137. The predicted octanol–water partition coefficient (Wildman–Crippen LogP) is 3.37. The quantitative estimate of drug-likeness (QED) is 0.609. The molecule has 1 aromatic rings. The summed E-state index contributed by atoms with van der Waals surface area (Å²) in [7, 11) is 0. The predicted molar refractivity (Wildman–Crippen MR) is 83.5 cm³/mol. The molecule has 2 N–H and O–H groups in total. The van der Waals surface area contributed by atoms with Gasteiger partial charge in [0.05, 0.1) is 5.56 Å². The zero-order valence-electron chi connectivity index (χ0n) is 13.1. The highest BCUT2D eigenvalue weighted by Gasteiger charge is 2.30. The number of halogens is 4. The van der Waals surface area contributed by atoms with Crippen LogP contribution in [-0.4, -0.2) is 35.1 Å². The van der Waals surface area contributed by atoms with Crippen LogP contribution in [0, 0.1) is 0 Å². The first kappa shape index (κ1) is 19.7. The van der Waals surface area contributed by atoms with E-state index in [1.54, 1.807) is 0 Å². The molecular formula is C15H20ClF3N2O2. The van der Waals surface area contributed by atoms with Crippen LogP contribution in [0.25, 0.3) is 0 Å². The highest BCUT2D eigenvalue weighted by molar-refractivity contribution is 6.69. The molecule has 1 atom stereocenters. The van der Waals surface area contributed by atoms with Crippen molar-refractivity contribution in [2.45, 2.75) is 38.6 Å². The molecule has 0 fully saturated rings. The Morgan fingerprint density at radius 2 is 2.00 bits per heavy atom. The Hall–Kier alpha value is -1.31. The number of nitrogens with zero attached hydrogens (tertiary/aromatic N) is 1. The first-order chi connectivity index (χ1) is 10.5. The van der Waals surface area contributed by atoms with E-state index in [-0.39, 0.29) is 22.9 Å². The van der Waals surface area contributed by atoms with Crippen molar-refractivity contribution >= 4 is 16.8 Å². The maximum absolute atomic E-state index is 12.6. The molecule has 1 aromatic carbocycles. The summed E-state index contributed by atoms with van der Waals surface area (Å²) in [4.78, 5) is 4.89. The van der Waals surface area contributed by atoms with Crippen LogP contribution >= 0.6 is 11.6 Å². The lowest BCUT2D eigenvalue weighted by atomic mass is 10.1. The fraction of sp³-hybridized carbons (Fsp3) is 0.533. The lowest BCUT2D eigenvalue weighted by Crippen LogP contribution is -2.42. The molecule has 0 heterocycles. The minimum absolute atomic E-state index is 0.0868. The monoisotopic (exact) mass is 352 g/mol. The molecule has 0 amide bonds. The van der Waals surface area contributed by atoms with Gasteiger partial charge in [0.2, 0.25) is 0 Å². The van der Waals surface area contributed by atoms with Crippen LogP contribution < -0.4 is 5.32 Å². The van der Waals surface area contributed by atoms with Gasteiger partial charge in [-0.3, -0.25) is 0 Å². The molecule has 0 aliphatic carbocycles. The third kappa shape index (κ3) is 7.67. The third-order valence-electron chi connectivity index (χ3n) is 2.71. The second kappa shape index (κ2) is 7.99. The second-order valence-corrected chi connectivity index (χ2v) is 6.40. The largest absolute Gasteiger partial charge is 0.416 e. The Morgan fingerprint density at radius 1 is 1.35 bits per heavy atom. The zero-order valence-corrected chi connectivity index (χ0v) is 13.9. The first-order valence-corrected chi connectivity index (χ1v) is 7.33. The molecule has 130 valence electrons. The molecule has 1 rings (SSSR count). The van der Waals surface area contributed by atoms with Gasteiger partial charge in [0.1, 0.15) is 12.7 Å². The van der Waals surface area contributed by atoms with Gasteiger partial charge in [-0.2, -0.15) is 13.2 Å². The molecule has 0 aromatic heterocycles. The van der Waals surface area contributed by atoms with Gasteiger partial charge in [0.15, 0.2) is 5.17 Å². The molecule has 8 heteroatoms. The maximum Gasteiger partial charge on any atom is 0.416 e. The normalized spacial score (nSPS) is 14.7. The summed E-state index contributed by atoms with van der Waals surface area (Å²) in [5.74, 6) is 0. The molecule has 0 aliphatic rings. The number of β-amino-alcohol motifs (C(OH)–C–C–N with tert-alkyl or cyclic N) is 1. The molecule has 4 nitrogen and oxygen atoms in total. The summed E-state index contributed by atoms with van der Waals surface area (Å²) >= 11 is 5.82. The van der Waals surface area contributed by atoms with Crippen molar-refractivity contribution in [3.05, 3.63) is 35.4 Å². The summed E-state index contributed by atoms with van der Waals surface area (Å²) in [5.41, 5.74) is -0.888. The fourth-order valence-corrected chi connectivity index (χ4v) is 1.71. The first-order valence-electron chi connectivity index (χ1n) is 6.95. The van der Waals surface area contributed by atoms with Crippen LogP contribution in [-0.2, 0) is 11.0 Å². The number of oxime groups is 1. The van der Waals surface area contributed by atoms with Crippen molar-refractivity contribution in [3.63, 3.8) is 0 Å². The van der Waals surface area contributed by atoms with Crippen molar-refractivity contribution in [3.8, 4) is 0 Å². The minimum Gasteiger partial charge on any atom is -0.392 e. The number of hydrogen-bond donors (Lipinski definition) is 2. The van der Waals surface area contributed by atoms with Gasteiger partial charge in [-0.15, -0.1) is 0 Å². The minimum atomic E-state index is -4.46. The van der Waals surface area contributed by atoms with Gasteiger partial charge >= 0.3 is 6.18 Å². The van der Waals surface area contributed by atoms with Gasteiger partial charge < -0.3 is 15.3 Å². The zero-order chi connectivity index (χ0) is 17.7. The number of rotatable bonds is 6. The second-order valence-electron chi connectivity index (χ2n) is 6.04. The van der Waals surface area contributed by atoms with E-state index in [1.807, 2.05) is 20.8 Å². The third-order valence-corrected chi connectivity index (χ3v) is 2.99. The van der Waals surface area contributed by atoms with Crippen LogP contribution in [0.5, 0.6) is 0 Å². The van der Waals surface area contributed by atoms with E-state index in [1.165, 1.54) is 12.1 Å². The molecule has 23 heavy (non-hydrogen) atoms. The van der Waals surface area contributed by atoms with E-state index in [0.29, 0.717) is 6.54 Å². The van der Waals surface area contributed by atoms with Crippen LogP contribution in [0.3, 0.4) is 0 Å². The van der Waals surface area contributed by atoms with E-state index in [0.717, 1.165) is 12.1 Å². The van der Waals surface area contributed by atoms with Crippen LogP contribution in [0.4, 0.5) is 13.2 Å². The lowest BCUT2D eigenvalue weighted by Gasteiger charge is -2.22. The Morgan fingerprint density at radius 3 is 2.57 bits per heavy atom. The molecule has 0 saturated heterocycles. The van der Waals surface area contributed by atoms with Crippen molar-refractivity contribution in [2.24, 2.45) is 5.16 Å². The van der Waals surface area contributed by atoms with Gasteiger partial charge in [0.25, 0.3) is 0 Å². The Kier molecular flexibility index (Phi) is 6.85. The average Bonchev–Trinajstić information content (AvgIpc) is 2.43. The van der Waals surface area contributed by atoms with E-state index in [4.69, 9.17) is 16.4 Å². The van der Waals surface area contributed by atoms with Crippen molar-refractivity contribution < 1.29 is 23.1 Å². The summed E-state index contributed by atoms with van der Waals surface area (Å²) in [6, 6.07) is 4.45. The highest BCUT2D eigenvalue weighted by atomic mass is 35.5. The SMILES string of the molecule is CC(C)(C)NCC(O)CO/N=C(\Cl)c1cccc(C(F)(F)F)c1. The van der Waals surface area contributed by atoms with Crippen molar-refractivity contribution in [2.75, 3.05) is 13.2 Å². The van der Waals surface area contributed by atoms with Gasteiger partial charge in [-0.25, -0.2) is 0 Å². The number of nitrogens with one attached hydrogen (secondary N) is 1. The van der Waals surface area contributed by atoms with Gasteiger partial charge in [0, 0.05) is 17.6 Å². The van der Waals surface area contributed by atoms with E-state index < -0.39 is 17.8 Å². The number of hydrogen-bond acceptors (Lipinski definition) is 4. The maximum atomic E-state index is 12.6. The molecule has 0 bridgehead atoms. The molecular weight excluding hydrogens is 333 g/mol. The van der Waals surface area contributed by atoms with Crippen molar-refractivity contribution in [1.82, 2.24) is 5.32 Å². The number of aliphatic hydroxyl groups excluding tert-OH is 1. The summed E-state index contributed by atoms with van der Waals surface area (Å²) < 4.78 is 37.8. The highest BCUT2D eigenvalue weighted by Crippen LogP contribution is 2.29. The Bertz CT molecular complexity index is 542. The summed E-state index contributed by atoms with van der Waals surface area (Å²) in [5, 5.41) is 16.1. The van der Waals surface area contributed by atoms with Gasteiger partial charge in [-0.1, -0.05) is 28.9 Å². The molecule has 0 aliphatic heterocycles. The molecule has 1 unspecified atom stereocenters. The Balaban J connectivity index is 2.58. The molecule has 0 radical (unpaired) electrons. The van der Waals surface area contributed by atoms with E-state index in [2.05, 4.69) is 10.5 Å². The molecule has 0 spiro atoms. The number of alkyl halides is 3. The summed E-state index contributed by atoms with van der Waals surface area (Å²) in [6.45, 7) is 6.01.